The molecule has 0 bridgehead atoms. The Kier molecular flexibility index (Phi) is 5.47. The van der Waals surface area contributed by atoms with Crippen LogP contribution in [0.4, 0.5) is 0 Å². The second-order valence-corrected chi connectivity index (χ2v) is 3.50. The lowest BCUT2D eigenvalue weighted by atomic mass is 10.1. The summed E-state index contributed by atoms with van der Waals surface area (Å²) < 4.78 is 0. The monoisotopic (exact) mass is 168 g/mol. The average molecular weight is 168 g/mol. The molecule has 2 heteroatoms. The molecule has 0 rings (SSSR count). The zero-order valence-electron chi connectivity index (χ0n) is 8.38. The molecule has 0 aliphatic rings. The standard InChI is InChI=1S/C10H20N2/c1-5-10(4)8-12(11)7-6-9(2)3/h5,8-9H,1,6-7,11H2,2-4H3/b10-8-. The molecule has 2 nitrogen and oxygen atoms in total. The topological polar surface area (TPSA) is 29.3 Å². The highest BCUT2D eigenvalue weighted by Gasteiger charge is 1.96. The van der Waals surface area contributed by atoms with Crippen LogP contribution in [0.5, 0.6) is 0 Å². The van der Waals surface area contributed by atoms with Crippen LogP contribution in [0.25, 0.3) is 0 Å². The molecule has 0 unspecified atom stereocenters. The SMILES string of the molecule is C=C/C(C)=C\N(N)CCC(C)C. The fraction of sp³-hybridized carbons (Fsp3) is 0.600. The number of hydrazine groups is 1. The van der Waals surface area contributed by atoms with Crippen molar-refractivity contribution in [3.05, 3.63) is 24.4 Å². The minimum absolute atomic E-state index is 0.702. The highest BCUT2D eigenvalue weighted by atomic mass is 15.4. The van der Waals surface area contributed by atoms with Crippen molar-refractivity contribution >= 4 is 0 Å². The first-order valence-corrected chi connectivity index (χ1v) is 4.38. The predicted molar refractivity (Wildman–Crippen MR) is 54.3 cm³/mol. The van der Waals surface area contributed by atoms with Crippen molar-refractivity contribution in [3.63, 3.8) is 0 Å². The molecule has 0 aromatic carbocycles. The van der Waals surface area contributed by atoms with Gasteiger partial charge in [-0.05, 0) is 24.8 Å². The van der Waals surface area contributed by atoms with E-state index in [1.807, 2.05) is 13.1 Å². The molecule has 0 aromatic heterocycles. The minimum Gasteiger partial charge on any atom is -0.318 e. The number of nitrogens with zero attached hydrogens (tertiary/aromatic N) is 1. The fourth-order valence-corrected chi connectivity index (χ4v) is 0.786. The van der Waals surface area contributed by atoms with Crippen LogP contribution in [-0.2, 0) is 0 Å². The number of rotatable bonds is 5. The van der Waals surface area contributed by atoms with E-state index in [0.29, 0.717) is 5.92 Å². The zero-order valence-corrected chi connectivity index (χ0v) is 8.38. The summed E-state index contributed by atoms with van der Waals surface area (Å²) in [6.45, 7) is 10.9. The van der Waals surface area contributed by atoms with E-state index in [-0.39, 0.29) is 0 Å². The first-order chi connectivity index (χ1) is 5.56. The van der Waals surface area contributed by atoms with Gasteiger partial charge >= 0.3 is 0 Å². The molecule has 70 valence electrons. The Labute approximate surface area is 75.7 Å². The lowest BCUT2D eigenvalue weighted by molar-refractivity contribution is 0.356. The molecule has 0 aliphatic heterocycles. The molecule has 0 amide bonds. The van der Waals surface area contributed by atoms with Crippen molar-refractivity contribution in [2.24, 2.45) is 11.8 Å². The Hall–Kier alpha value is -0.760. The molecule has 2 N–H and O–H groups in total. The van der Waals surface area contributed by atoms with Crippen molar-refractivity contribution in [2.75, 3.05) is 6.54 Å². The van der Waals surface area contributed by atoms with E-state index in [9.17, 15) is 0 Å². The summed E-state index contributed by atoms with van der Waals surface area (Å²) >= 11 is 0. The van der Waals surface area contributed by atoms with Gasteiger partial charge in [0.2, 0.25) is 0 Å². The maximum atomic E-state index is 5.71. The van der Waals surface area contributed by atoms with Gasteiger partial charge in [0.1, 0.15) is 0 Å². The Morgan fingerprint density at radius 2 is 2.17 bits per heavy atom. The normalized spacial score (nSPS) is 11.9. The number of nitrogens with two attached hydrogens (primary N) is 1. The summed E-state index contributed by atoms with van der Waals surface area (Å²) in [7, 11) is 0. The van der Waals surface area contributed by atoms with E-state index < -0.39 is 0 Å². The number of allylic oxidation sites excluding steroid dienone is 2. The summed E-state index contributed by atoms with van der Waals surface area (Å²) in [5.74, 6) is 6.41. The minimum atomic E-state index is 0.702. The lowest BCUT2D eigenvalue weighted by Gasteiger charge is -2.15. The summed E-state index contributed by atoms with van der Waals surface area (Å²) in [5, 5.41) is 1.72. The maximum Gasteiger partial charge on any atom is 0.0337 e. The molecule has 0 aliphatic carbocycles. The summed E-state index contributed by atoms with van der Waals surface area (Å²) in [4.78, 5) is 0. The van der Waals surface area contributed by atoms with Gasteiger partial charge in [-0.25, -0.2) is 5.84 Å². The summed E-state index contributed by atoms with van der Waals surface area (Å²) in [6.07, 6.45) is 4.84. The summed E-state index contributed by atoms with van der Waals surface area (Å²) in [6, 6.07) is 0. The van der Waals surface area contributed by atoms with E-state index in [4.69, 9.17) is 5.84 Å². The predicted octanol–water partition coefficient (Wildman–Crippen LogP) is 2.30. The Bertz CT molecular complexity index is 159. The van der Waals surface area contributed by atoms with Crippen LogP contribution in [0.1, 0.15) is 27.2 Å². The second kappa shape index (κ2) is 5.84. The van der Waals surface area contributed by atoms with E-state index in [1.54, 1.807) is 11.1 Å². The Morgan fingerprint density at radius 3 is 2.58 bits per heavy atom. The Morgan fingerprint density at radius 1 is 1.58 bits per heavy atom. The molecule has 0 radical (unpaired) electrons. The number of hydrogen-bond acceptors (Lipinski definition) is 2. The van der Waals surface area contributed by atoms with Crippen LogP contribution < -0.4 is 5.84 Å². The van der Waals surface area contributed by atoms with Gasteiger partial charge < -0.3 is 5.01 Å². The number of hydrogen-bond donors (Lipinski definition) is 1. The lowest BCUT2D eigenvalue weighted by Crippen LogP contribution is -2.27. The quantitative estimate of drug-likeness (QED) is 0.388. The van der Waals surface area contributed by atoms with Gasteiger partial charge in [0.25, 0.3) is 0 Å². The van der Waals surface area contributed by atoms with Crippen LogP contribution in [0.2, 0.25) is 0 Å². The first kappa shape index (κ1) is 11.2. The van der Waals surface area contributed by atoms with Crippen LogP contribution >= 0.6 is 0 Å². The molecule has 0 atom stereocenters. The highest BCUT2D eigenvalue weighted by Crippen LogP contribution is 2.01. The third-order valence-electron chi connectivity index (χ3n) is 1.66. The van der Waals surface area contributed by atoms with E-state index in [1.165, 1.54) is 0 Å². The van der Waals surface area contributed by atoms with Crippen molar-refractivity contribution in [1.29, 1.82) is 0 Å². The smallest absolute Gasteiger partial charge is 0.0337 e. The van der Waals surface area contributed by atoms with Crippen LogP contribution in [0, 0.1) is 5.92 Å². The second-order valence-electron chi connectivity index (χ2n) is 3.50. The van der Waals surface area contributed by atoms with Gasteiger partial charge in [0, 0.05) is 12.7 Å². The average Bonchev–Trinajstić information content (AvgIpc) is 2.00. The van der Waals surface area contributed by atoms with Crippen molar-refractivity contribution in [1.82, 2.24) is 5.01 Å². The van der Waals surface area contributed by atoms with Gasteiger partial charge in [-0.2, -0.15) is 0 Å². The molecule has 0 fully saturated rings. The molecule has 12 heavy (non-hydrogen) atoms. The van der Waals surface area contributed by atoms with Crippen LogP contribution in [0.15, 0.2) is 24.4 Å². The van der Waals surface area contributed by atoms with Crippen molar-refractivity contribution < 1.29 is 0 Å². The van der Waals surface area contributed by atoms with E-state index >= 15 is 0 Å². The van der Waals surface area contributed by atoms with E-state index in [0.717, 1.165) is 18.5 Å². The van der Waals surface area contributed by atoms with Gasteiger partial charge in [-0.15, -0.1) is 0 Å². The largest absolute Gasteiger partial charge is 0.318 e. The molecular weight excluding hydrogens is 148 g/mol. The van der Waals surface area contributed by atoms with Crippen molar-refractivity contribution in [2.45, 2.75) is 27.2 Å². The fourth-order valence-electron chi connectivity index (χ4n) is 0.786. The Balaban J connectivity index is 3.73. The zero-order chi connectivity index (χ0) is 9.56. The summed E-state index contributed by atoms with van der Waals surface area (Å²) in [5.41, 5.74) is 1.10. The molecule has 0 saturated carbocycles. The van der Waals surface area contributed by atoms with Gasteiger partial charge in [-0.3, -0.25) is 0 Å². The van der Waals surface area contributed by atoms with E-state index in [2.05, 4.69) is 20.4 Å². The van der Waals surface area contributed by atoms with Gasteiger partial charge in [0.15, 0.2) is 0 Å². The van der Waals surface area contributed by atoms with Gasteiger partial charge in [0.05, 0.1) is 0 Å². The molecule has 0 saturated heterocycles. The van der Waals surface area contributed by atoms with Gasteiger partial charge in [-0.1, -0.05) is 26.5 Å². The first-order valence-electron chi connectivity index (χ1n) is 4.38. The van der Waals surface area contributed by atoms with Crippen molar-refractivity contribution in [3.8, 4) is 0 Å². The maximum absolute atomic E-state index is 5.71. The third-order valence-corrected chi connectivity index (χ3v) is 1.66. The molecular formula is C10H20N2. The molecule has 0 aromatic rings. The molecule has 0 heterocycles. The van der Waals surface area contributed by atoms with Crippen LogP contribution in [-0.4, -0.2) is 11.6 Å². The highest BCUT2D eigenvalue weighted by molar-refractivity contribution is 5.11. The molecule has 0 spiro atoms. The third kappa shape index (κ3) is 5.98. The van der Waals surface area contributed by atoms with Crippen LogP contribution in [0.3, 0.4) is 0 Å².